The van der Waals surface area contributed by atoms with Crippen molar-refractivity contribution in [2.75, 3.05) is 0 Å². The first-order chi connectivity index (χ1) is 8.63. The lowest BCUT2D eigenvalue weighted by Crippen LogP contribution is -2.50. The van der Waals surface area contributed by atoms with Gasteiger partial charge in [-0.3, -0.25) is 0 Å². The van der Waals surface area contributed by atoms with E-state index in [0.29, 0.717) is 18.2 Å². The van der Waals surface area contributed by atoms with Crippen LogP contribution >= 0.6 is 0 Å². The summed E-state index contributed by atoms with van der Waals surface area (Å²) in [6.45, 7) is 7.21. The number of hydrogen-bond acceptors (Lipinski definition) is 2. The molecule has 0 aromatic carbocycles. The van der Waals surface area contributed by atoms with Crippen LogP contribution in [0.5, 0.6) is 0 Å². The van der Waals surface area contributed by atoms with Gasteiger partial charge in [0.05, 0.1) is 12.2 Å². The van der Waals surface area contributed by atoms with Crippen molar-refractivity contribution < 1.29 is 4.74 Å². The zero-order chi connectivity index (χ0) is 12.7. The van der Waals surface area contributed by atoms with Gasteiger partial charge in [-0.1, -0.05) is 27.2 Å². The van der Waals surface area contributed by atoms with Crippen LogP contribution in [0, 0.1) is 17.8 Å². The van der Waals surface area contributed by atoms with Crippen LogP contribution < -0.4 is 5.32 Å². The van der Waals surface area contributed by atoms with E-state index >= 15 is 0 Å². The Morgan fingerprint density at radius 2 is 1.83 bits per heavy atom. The van der Waals surface area contributed by atoms with Gasteiger partial charge < -0.3 is 10.1 Å². The number of ether oxygens (including phenoxy) is 1. The molecule has 6 atom stereocenters. The van der Waals surface area contributed by atoms with E-state index in [1.165, 1.54) is 38.5 Å². The molecular weight excluding hydrogens is 222 g/mol. The molecule has 2 heterocycles. The Kier molecular flexibility index (Phi) is 3.68. The summed E-state index contributed by atoms with van der Waals surface area (Å²) < 4.78 is 5.99. The van der Waals surface area contributed by atoms with E-state index in [1.807, 2.05) is 0 Å². The van der Waals surface area contributed by atoms with Crippen LogP contribution in [0.3, 0.4) is 0 Å². The largest absolute Gasteiger partial charge is 0.373 e. The first-order valence-electron chi connectivity index (χ1n) is 8.05. The minimum absolute atomic E-state index is 0.528. The van der Waals surface area contributed by atoms with Gasteiger partial charge in [-0.15, -0.1) is 0 Å². The molecule has 2 bridgehead atoms. The predicted octanol–water partition coefficient (Wildman–Crippen LogP) is 3.36. The maximum Gasteiger partial charge on any atom is 0.0733 e. The first-order valence-corrected chi connectivity index (χ1v) is 8.05. The standard InChI is InChI=1S/C16H29NO/c1-10(2)13-6-4-11(3)8-14(13)17-15-9-12-5-7-16(15)18-12/h10-17H,4-9H2,1-3H3. The molecule has 1 N–H and O–H groups in total. The van der Waals surface area contributed by atoms with Crippen LogP contribution in [0.1, 0.15) is 59.3 Å². The molecule has 0 spiro atoms. The van der Waals surface area contributed by atoms with Crippen LogP contribution in [-0.2, 0) is 4.74 Å². The minimum Gasteiger partial charge on any atom is -0.373 e. The molecule has 0 radical (unpaired) electrons. The van der Waals surface area contributed by atoms with E-state index in [1.54, 1.807) is 0 Å². The highest BCUT2D eigenvalue weighted by Crippen LogP contribution is 2.38. The fourth-order valence-electron chi connectivity index (χ4n) is 4.48. The zero-order valence-electron chi connectivity index (χ0n) is 12.2. The third-order valence-electron chi connectivity index (χ3n) is 5.56. The molecule has 2 nitrogen and oxygen atoms in total. The second kappa shape index (κ2) is 5.13. The molecule has 3 fully saturated rings. The van der Waals surface area contributed by atoms with E-state index in [4.69, 9.17) is 4.74 Å². The molecule has 1 aliphatic carbocycles. The van der Waals surface area contributed by atoms with Gasteiger partial charge in [-0.2, -0.15) is 0 Å². The van der Waals surface area contributed by atoms with E-state index in [0.717, 1.165) is 23.8 Å². The van der Waals surface area contributed by atoms with Crippen molar-refractivity contribution in [1.29, 1.82) is 0 Å². The molecule has 3 rings (SSSR count). The van der Waals surface area contributed by atoms with Gasteiger partial charge in [-0.25, -0.2) is 0 Å². The summed E-state index contributed by atoms with van der Waals surface area (Å²) in [5, 5.41) is 3.99. The first kappa shape index (κ1) is 12.9. The Hall–Kier alpha value is -0.0800. The monoisotopic (exact) mass is 251 g/mol. The fourth-order valence-corrected chi connectivity index (χ4v) is 4.48. The topological polar surface area (TPSA) is 21.3 Å². The molecule has 104 valence electrons. The average molecular weight is 251 g/mol. The molecule has 6 unspecified atom stereocenters. The van der Waals surface area contributed by atoms with Crippen molar-refractivity contribution >= 4 is 0 Å². The molecule has 2 aliphatic heterocycles. The van der Waals surface area contributed by atoms with E-state index in [9.17, 15) is 0 Å². The molecule has 1 saturated carbocycles. The number of fused-ring (bicyclic) bond motifs is 2. The highest BCUT2D eigenvalue weighted by Gasteiger charge is 2.43. The third kappa shape index (κ3) is 2.46. The van der Waals surface area contributed by atoms with Gasteiger partial charge >= 0.3 is 0 Å². The molecule has 3 aliphatic rings. The van der Waals surface area contributed by atoms with Crippen LogP contribution in [0.2, 0.25) is 0 Å². The van der Waals surface area contributed by atoms with Gasteiger partial charge in [0.15, 0.2) is 0 Å². The summed E-state index contributed by atoms with van der Waals surface area (Å²) in [7, 11) is 0. The lowest BCUT2D eigenvalue weighted by atomic mass is 9.73. The molecule has 18 heavy (non-hydrogen) atoms. The van der Waals surface area contributed by atoms with E-state index < -0.39 is 0 Å². The maximum absolute atomic E-state index is 5.99. The van der Waals surface area contributed by atoms with Crippen molar-refractivity contribution in [3.8, 4) is 0 Å². The zero-order valence-corrected chi connectivity index (χ0v) is 12.2. The molecule has 0 aromatic rings. The summed E-state index contributed by atoms with van der Waals surface area (Å²) in [6, 6.07) is 1.39. The number of hydrogen-bond donors (Lipinski definition) is 1. The number of nitrogens with one attached hydrogen (secondary N) is 1. The normalized spacial score (nSPS) is 48.0. The van der Waals surface area contributed by atoms with Crippen LogP contribution in [0.15, 0.2) is 0 Å². The summed E-state index contributed by atoms with van der Waals surface area (Å²) in [5.41, 5.74) is 0. The quantitative estimate of drug-likeness (QED) is 0.830. The Labute approximate surface area is 112 Å². The van der Waals surface area contributed by atoms with Gasteiger partial charge in [0.25, 0.3) is 0 Å². The molecule has 0 aromatic heterocycles. The van der Waals surface area contributed by atoms with Crippen molar-refractivity contribution in [3.05, 3.63) is 0 Å². The SMILES string of the molecule is CC1CCC(C(C)C)C(NC2CC3CCC2O3)C1. The maximum atomic E-state index is 5.99. The Morgan fingerprint density at radius 3 is 2.44 bits per heavy atom. The van der Waals surface area contributed by atoms with Crippen molar-refractivity contribution in [1.82, 2.24) is 5.32 Å². The van der Waals surface area contributed by atoms with Crippen LogP contribution in [0.4, 0.5) is 0 Å². The van der Waals surface area contributed by atoms with Crippen LogP contribution in [-0.4, -0.2) is 24.3 Å². The smallest absolute Gasteiger partial charge is 0.0733 e. The van der Waals surface area contributed by atoms with E-state index in [-0.39, 0.29) is 0 Å². The van der Waals surface area contributed by atoms with Crippen molar-refractivity contribution in [2.24, 2.45) is 17.8 Å². The number of rotatable bonds is 3. The molecular formula is C16H29NO. The molecule has 2 saturated heterocycles. The highest BCUT2D eigenvalue weighted by atomic mass is 16.5. The summed E-state index contributed by atoms with van der Waals surface area (Å²) in [6.07, 6.45) is 9.17. The van der Waals surface area contributed by atoms with Gasteiger partial charge in [0.1, 0.15) is 0 Å². The molecule has 0 amide bonds. The second-order valence-corrected chi connectivity index (χ2v) is 7.32. The predicted molar refractivity (Wildman–Crippen MR) is 74.6 cm³/mol. The van der Waals surface area contributed by atoms with Gasteiger partial charge in [-0.05, 0) is 49.9 Å². The lowest BCUT2D eigenvalue weighted by Gasteiger charge is -2.40. The fraction of sp³-hybridized carbons (Fsp3) is 1.00. The second-order valence-electron chi connectivity index (χ2n) is 7.32. The van der Waals surface area contributed by atoms with Gasteiger partial charge in [0, 0.05) is 12.1 Å². The van der Waals surface area contributed by atoms with Crippen molar-refractivity contribution in [3.63, 3.8) is 0 Å². The summed E-state index contributed by atoms with van der Waals surface area (Å²) in [5.74, 6) is 2.59. The third-order valence-corrected chi connectivity index (χ3v) is 5.56. The van der Waals surface area contributed by atoms with E-state index in [2.05, 4.69) is 26.1 Å². The van der Waals surface area contributed by atoms with Crippen molar-refractivity contribution in [2.45, 2.75) is 83.6 Å². The summed E-state index contributed by atoms with van der Waals surface area (Å²) in [4.78, 5) is 0. The average Bonchev–Trinajstić information content (AvgIpc) is 2.90. The Balaban J connectivity index is 1.61. The minimum atomic E-state index is 0.528. The Morgan fingerprint density at radius 1 is 1.00 bits per heavy atom. The lowest BCUT2D eigenvalue weighted by molar-refractivity contribution is 0.0881. The van der Waals surface area contributed by atoms with Gasteiger partial charge in [0.2, 0.25) is 0 Å². The highest BCUT2D eigenvalue weighted by molar-refractivity contribution is 4.97. The Bertz CT molecular complexity index is 291. The van der Waals surface area contributed by atoms with Crippen LogP contribution in [0.25, 0.3) is 0 Å². The summed E-state index contributed by atoms with van der Waals surface area (Å²) >= 11 is 0. The molecule has 2 heteroatoms.